The van der Waals surface area contributed by atoms with Gasteiger partial charge in [0.1, 0.15) is 28.3 Å². The molecule has 1 aliphatic rings. The van der Waals surface area contributed by atoms with Crippen molar-refractivity contribution in [3.8, 4) is 17.9 Å². The van der Waals surface area contributed by atoms with Crippen LogP contribution in [0.15, 0.2) is 40.5 Å². The van der Waals surface area contributed by atoms with Gasteiger partial charge in [0, 0.05) is 11.6 Å². The number of pyridine rings is 1. The van der Waals surface area contributed by atoms with Crippen molar-refractivity contribution in [3.63, 3.8) is 0 Å². The molecule has 0 fully saturated rings. The number of ether oxygens (including phenoxy) is 1. The fourth-order valence-electron chi connectivity index (χ4n) is 3.46. The number of hydrogen-bond acceptors (Lipinski definition) is 7. The summed E-state index contributed by atoms with van der Waals surface area (Å²) in [6.07, 6.45) is 0. The molecule has 29 heavy (non-hydrogen) atoms. The van der Waals surface area contributed by atoms with Crippen molar-refractivity contribution in [2.45, 2.75) is 12.8 Å². The first-order valence-electron chi connectivity index (χ1n) is 8.70. The maximum atomic E-state index is 13.1. The summed E-state index contributed by atoms with van der Waals surface area (Å²) in [6, 6.07) is 11.1. The summed E-state index contributed by atoms with van der Waals surface area (Å²) in [4.78, 5) is 15.9. The van der Waals surface area contributed by atoms with Crippen LogP contribution in [0.4, 0.5) is 5.00 Å². The Labute approximate surface area is 174 Å². The van der Waals surface area contributed by atoms with Crippen molar-refractivity contribution in [2.75, 3.05) is 11.9 Å². The van der Waals surface area contributed by atoms with Crippen LogP contribution in [0, 0.1) is 22.7 Å². The van der Waals surface area contributed by atoms with E-state index in [4.69, 9.17) is 22.1 Å². The van der Waals surface area contributed by atoms with Crippen LogP contribution in [0.3, 0.4) is 0 Å². The van der Waals surface area contributed by atoms with Gasteiger partial charge in [0.15, 0.2) is 5.75 Å². The minimum absolute atomic E-state index is 0.0891. The van der Waals surface area contributed by atoms with E-state index in [-0.39, 0.29) is 22.8 Å². The third-order valence-corrected chi connectivity index (χ3v) is 6.17. The second-order valence-electron chi connectivity index (χ2n) is 6.30. The summed E-state index contributed by atoms with van der Waals surface area (Å²) in [6.45, 7) is 2.52. The second-order valence-corrected chi connectivity index (χ2v) is 7.72. The molecule has 0 bridgehead atoms. The standard InChI is InChI=1S/C20H14ClN5O2S/c1-2-25-20-11(8-23)15-17(29-20)16-14(19(27)26-15)13(10(7-22)18(24)28-16)9-5-3-4-6-12(9)21/h3-6,13,25H,2,24H2,1H3,(H,26,27). The molecular formula is C20H14ClN5O2S. The lowest BCUT2D eigenvalue weighted by Gasteiger charge is -2.26. The van der Waals surface area contributed by atoms with Crippen LogP contribution in [-0.2, 0) is 0 Å². The topological polar surface area (TPSA) is 128 Å². The van der Waals surface area contributed by atoms with Crippen molar-refractivity contribution < 1.29 is 4.74 Å². The smallest absolute Gasteiger partial charge is 0.256 e. The number of hydrogen-bond donors (Lipinski definition) is 3. The lowest BCUT2D eigenvalue weighted by molar-refractivity contribution is 0.397. The van der Waals surface area contributed by atoms with Gasteiger partial charge in [0.25, 0.3) is 5.56 Å². The fourth-order valence-corrected chi connectivity index (χ4v) is 4.88. The second kappa shape index (κ2) is 7.17. The number of rotatable bonds is 3. The number of H-pyrrole nitrogens is 1. The van der Waals surface area contributed by atoms with Gasteiger partial charge in [-0.1, -0.05) is 29.8 Å². The van der Waals surface area contributed by atoms with Gasteiger partial charge in [-0.25, -0.2) is 0 Å². The molecule has 0 saturated heterocycles. The average molecular weight is 424 g/mol. The summed E-state index contributed by atoms with van der Waals surface area (Å²) in [7, 11) is 0. The zero-order chi connectivity index (χ0) is 20.7. The molecule has 0 spiro atoms. The molecule has 3 heterocycles. The first-order chi connectivity index (χ1) is 14.0. The third kappa shape index (κ3) is 2.82. The Hall–Kier alpha value is -3.46. The van der Waals surface area contributed by atoms with Gasteiger partial charge in [-0.05, 0) is 18.6 Å². The molecule has 7 nitrogen and oxygen atoms in total. The van der Waals surface area contributed by atoms with Crippen LogP contribution in [-0.4, -0.2) is 11.5 Å². The Morgan fingerprint density at radius 3 is 2.76 bits per heavy atom. The lowest BCUT2D eigenvalue weighted by Crippen LogP contribution is -2.27. The minimum Gasteiger partial charge on any atom is -0.438 e. The zero-order valence-corrected chi connectivity index (χ0v) is 16.7. The van der Waals surface area contributed by atoms with Crippen LogP contribution in [0.1, 0.15) is 29.5 Å². The molecule has 144 valence electrons. The molecular weight excluding hydrogens is 410 g/mol. The highest BCUT2D eigenvalue weighted by atomic mass is 35.5. The Kier molecular flexibility index (Phi) is 4.67. The molecule has 2 aromatic heterocycles. The van der Waals surface area contributed by atoms with E-state index in [9.17, 15) is 15.3 Å². The van der Waals surface area contributed by atoms with Crippen LogP contribution in [0.25, 0.3) is 10.2 Å². The molecule has 4 N–H and O–H groups in total. The first kappa shape index (κ1) is 18.9. The molecule has 3 aromatic rings. The van der Waals surface area contributed by atoms with Gasteiger partial charge >= 0.3 is 0 Å². The summed E-state index contributed by atoms with van der Waals surface area (Å²) >= 11 is 7.67. The molecule has 1 aromatic carbocycles. The van der Waals surface area contributed by atoms with Gasteiger partial charge in [-0.15, -0.1) is 11.3 Å². The van der Waals surface area contributed by atoms with Crippen molar-refractivity contribution in [2.24, 2.45) is 5.73 Å². The summed E-state index contributed by atoms with van der Waals surface area (Å²) in [5, 5.41) is 23.4. The van der Waals surface area contributed by atoms with Crippen LogP contribution >= 0.6 is 22.9 Å². The van der Waals surface area contributed by atoms with E-state index in [2.05, 4.69) is 22.4 Å². The van der Waals surface area contributed by atoms with Crippen molar-refractivity contribution >= 4 is 38.2 Å². The Morgan fingerprint density at radius 2 is 2.10 bits per heavy atom. The van der Waals surface area contributed by atoms with Crippen LogP contribution in [0.2, 0.25) is 5.02 Å². The summed E-state index contributed by atoms with van der Waals surface area (Å²) in [5.41, 5.74) is 7.24. The zero-order valence-electron chi connectivity index (χ0n) is 15.2. The van der Waals surface area contributed by atoms with Gasteiger partial charge < -0.3 is 20.8 Å². The predicted molar refractivity (Wildman–Crippen MR) is 112 cm³/mol. The number of benzene rings is 1. The van der Waals surface area contributed by atoms with Gasteiger partial charge in [0.05, 0.1) is 21.7 Å². The average Bonchev–Trinajstić information content (AvgIpc) is 3.05. The van der Waals surface area contributed by atoms with E-state index in [0.29, 0.717) is 37.9 Å². The monoisotopic (exact) mass is 423 g/mol. The lowest BCUT2D eigenvalue weighted by atomic mass is 9.84. The maximum absolute atomic E-state index is 13.1. The normalized spacial score (nSPS) is 15.4. The van der Waals surface area contributed by atoms with Crippen LogP contribution < -0.4 is 21.3 Å². The van der Waals surface area contributed by atoms with E-state index in [1.54, 1.807) is 24.3 Å². The number of allylic oxidation sites excluding steroid dienone is 1. The van der Waals surface area contributed by atoms with Crippen molar-refractivity contribution in [1.29, 1.82) is 10.5 Å². The highest BCUT2D eigenvalue weighted by molar-refractivity contribution is 7.23. The molecule has 0 aliphatic carbocycles. The molecule has 0 saturated carbocycles. The van der Waals surface area contributed by atoms with E-state index in [1.165, 1.54) is 11.3 Å². The van der Waals surface area contributed by atoms with Gasteiger partial charge in [0.2, 0.25) is 5.88 Å². The third-order valence-electron chi connectivity index (χ3n) is 4.68. The highest BCUT2D eigenvalue weighted by Gasteiger charge is 2.36. The Bertz CT molecular complexity index is 1330. The number of fused-ring (bicyclic) bond motifs is 3. The minimum atomic E-state index is -0.777. The number of nitriles is 2. The van der Waals surface area contributed by atoms with Crippen molar-refractivity contribution in [1.82, 2.24) is 4.98 Å². The SMILES string of the molecule is CCNc1sc2c3c(c(=O)[nH]c2c1C#N)C(c1ccccc1Cl)C(C#N)=C(N)O3. The molecule has 1 unspecified atom stereocenters. The number of aromatic nitrogens is 1. The Morgan fingerprint density at radius 1 is 1.34 bits per heavy atom. The number of aromatic amines is 1. The number of halogens is 1. The highest BCUT2D eigenvalue weighted by Crippen LogP contribution is 2.48. The number of thiophene rings is 1. The summed E-state index contributed by atoms with van der Waals surface area (Å²) in [5.74, 6) is -0.620. The molecule has 1 atom stereocenters. The first-order valence-corrected chi connectivity index (χ1v) is 9.89. The maximum Gasteiger partial charge on any atom is 0.256 e. The molecule has 0 amide bonds. The number of nitrogens with one attached hydrogen (secondary N) is 2. The van der Waals surface area contributed by atoms with E-state index < -0.39 is 11.5 Å². The molecule has 9 heteroatoms. The van der Waals surface area contributed by atoms with E-state index >= 15 is 0 Å². The quantitative estimate of drug-likeness (QED) is 0.588. The van der Waals surface area contributed by atoms with Gasteiger partial charge in [-0.2, -0.15) is 10.5 Å². The predicted octanol–water partition coefficient (Wildman–Crippen LogP) is 3.76. The fraction of sp³-hybridized carbons (Fsp3) is 0.150. The van der Waals surface area contributed by atoms with E-state index in [0.717, 1.165) is 0 Å². The largest absolute Gasteiger partial charge is 0.438 e. The van der Waals surface area contributed by atoms with Crippen LogP contribution in [0.5, 0.6) is 5.75 Å². The molecule has 1 aliphatic heterocycles. The number of nitrogens with two attached hydrogens (primary N) is 1. The Balaban J connectivity index is 2.10. The molecule has 4 rings (SSSR count). The number of anilines is 1. The van der Waals surface area contributed by atoms with E-state index in [1.807, 2.05) is 6.92 Å². The molecule has 0 radical (unpaired) electrons. The summed E-state index contributed by atoms with van der Waals surface area (Å²) < 4.78 is 6.33. The number of nitrogens with zero attached hydrogens (tertiary/aromatic N) is 2. The van der Waals surface area contributed by atoms with Gasteiger partial charge in [-0.3, -0.25) is 4.79 Å². The van der Waals surface area contributed by atoms with Crippen molar-refractivity contribution in [3.05, 3.63) is 67.8 Å².